The second-order valence-corrected chi connectivity index (χ2v) is 6.50. The molecule has 4 nitrogen and oxygen atoms in total. The van der Waals surface area contributed by atoms with Gasteiger partial charge < -0.3 is 14.6 Å². The molecule has 24 heavy (non-hydrogen) atoms. The molecule has 1 heterocycles. The summed E-state index contributed by atoms with van der Waals surface area (Å²) < 4.78 is 7.30. The standard InChI is InChI=1S/C19H22ClN3O/c1-14(12-24-2)21-10-16-5-8-19-18(9-16)22-13-23(19)11-15-3-6-17(20)7-4-15/h3-9,13-14,21H,10-12H2,1-2H3. The summed E-state index contributed by atoms with van der Waals surface area (Å²) in [4.78, 5) is 4.54. The van der Waals surface area contributed by atoms with E-state index >= 15 is 0 Å². The van der Waals surface area contributed by atoms with Crippen LogP contribution in [-0.2, 0) is 17.8 Å². The van der Waals surface area contributed by atoms with Gasteiger partial charge in [0.05, 0.1) is 24.0 Å². The molecule has 0 aliphatic heterocycles. The molecule has 0 aliphatic carbocycles. The Balaban J connectivity index is 1.72. The lowest BCUT2D eigenvalue weighted by Crippen LogP contribution is -2.29. The van der Waals surface area contributed by atoms with Crippen molar-refractivity contribution < 1.29 is 4.74 Å². The molecule has 0 bridgehead atoms. The topological polar surface area (TPSA) is 39.1 Å². The fourth-order valence-corrected chi connectivity index (χ4v) is 2.86. The van der Waals surface area contributed by atoms with E-state index < -0.39 is 0 Å². The molecule has 0 spiro atoms. The van der Waals surface area contributed by atoms with Gasteiger partial charge >= 0.3 is 0 Å². The zero-order chi connectivity index (χ0) is 16.9. The molecule has 126 valence electrons. The number of fused-ring (bicyclic) bond motifs is 1. The number of hydrogen-bond donors (Lipinski definition) is 1. The Morgan fingerprint density at radius 2 is 1.92 bits per heavy atom. The fraction of sp³-hybridized carbons (Fsp3) is 0.316. The summed E-state index contributed by atoms with van der Waals surface area (Å²) in [6.45, 7) is 4.42. The summed E-state index contributed by atoms with van der Waals surface area (Å²) in [6, 6.07) is 14.7. The van der Waals surface area contributed by atoms with E-state index in [0.29, 0.717) is 12.6 Å². The Labute approximate surface area is 147 Å². The number of rotatable bonds is 7. The van der Waals surface area contributed by atoms with Crippen LogP contribution < -0.4 is 5.32 Å². The molecule has 3 aromatic rings. The Bertz CT molecular complexity index is 798. The number of nitrogens with one attached hydrogen (secondary N) is 1. The Morgan fingerprint density at radius 1 is 1.17 bits per heavy atom. The predicted molar refractivity (Wildman–Crippen MR) is 98.5 cm³/mol. The lowest BCUT2D eigenvalue weighted by atomic mass is 10.2. The molecule has 3 rings (SSSR count). The van der Waals surface area contributed by atoms with Gasteiger partial charge in [0.2, 0.25) is 0 Å². The third-order valence-corrected chi connectivity index (χ3v) is 4.27. The first-order chi connectivity index (χ1) is 11.7. The van der Waals surface area contributed by atoms with E-state index in [4.69, 9.17) is 16.3 Å². The van der Waals surface area contributed by atoms with Gasteiger partial charge in [-0.3, -0.25) is 0 Å². The van der Waals surface area contributed by atoms with Crippen LogP contribution in [-0.4, -0.2) is 29.3 Å². The lowest BCUT2D eigenvalue weighted by Gasteiger charge is -2.12. The molecule has 0 radical (unpaired) electrons. The highest BCUT2D eigenvalue weighted by atomic mass is 35.5. The molecule has 0 amide bonds. The second kappa shape index (κ2) is 7.79. The lowest BCUT2D eigenvalue weighted by molar-refractivity contribution is 0.171. The average Bonchev–Trinajstić information content (AvgIpc) is 2.97. The average molecular weight is 344 g/mol. The summed E-state index contributed by atoms with van der Waals surface area (Å²) in [6.07, 6.45) is 1.89. The Kier molecular flexibility index (Phi) is 5.51. The van der Waals surface area contributed by atoms with E-state index in [-0.39, 0.29) is 0 Å². The summed E-state index contributed by atoms with van der Waals surface area (Å²) in [5.41, 5.74) is 4.58. The van der Waals surface area contributed by atoms with Crippen molar-refractivity contribution in [3.05, 3.63) is 64.9 Å². The highest BCUT2D eigenvalue weighted by Crippen LogP contribution is 2.17. The minimum Gasteiger partial charge on any atom is -0.383 e. The van der Waals surface area contributed by atoms with Crippen molar-refractivity contribution >= 4 is 22.6 Å². The van der Waals surface area contributed by atoms with Crippen LogP contribution in [0.3, 0.4) is 0 Å². The zero-order valence-corrected chi connectivity index (χ0v) is 14.8. The van der Waals surface area contributed by atoms with Gasteiger partial charge in [0.15, 0.2) is 0 Å². The number of ether oxygens (including phenoxy) is 1. The molecule has 5 heteroatoms. The third-order valence-electron chi connectivity index (χ3n) is 4.02. The van der Waals surface area contributed by atoms with E-state index in [9.17, 15) is 0 Å². The van der Waals surface area contributed by atoms with Crippen molar-refractivity contribution in [3.8, 4) is 0 Å². The fourth-order valence-electron chi connectivity index (χ4n) is 2.73. The molecule has 1 N–H and O–H groups in total. The highest BCUT2D eigenvalue weighted by Gasteiger charge is 2.06. The van der Waals surface area contributed by atoms with Gasteiger partial charge in [-0.15, -0.1) is 0 Å². The minimum absolute atomic E-state index is 0.327. The number of methoxy groups -OCH3 is 1. The van der Waals surface area contributed by atoms with Crippen molar-refractivity contribution in [1.29, 1.82) is 0 Å². The molecule has 1 aromatic heterocycles. The van der Waals surface area contributed by atoms with Gasteiger partial charge in [-0.05, 0) is 42.3 Å². The normalized spacial score (nSPS) is 12.6. The van der Waals surface area contributed by atoms with Gasteiger partial charge in [0.1, 0.15) is 0 Å². The van der Waals surface area contributed by atoms with Crippen LogP contribution >= 0.6 is 11.6 Å². The molecule has 2 aromatic carbocycles. The maximum absolute atomic E-state index is 5.94. The van der Waals surface area contributed by atoms with E-state index in [1.807, 2.05) is 30.6 Å². The molecule has 0 aliphatic rings. The SMILES string of the molecule is COCC(C)NCc1ccc2c(c1)ncn2Cc1ccc(Cl)cc1. The molecule has 1 atom stereocenters. The maximum Gasteiger partial charge on any atom is 0.0961 e. The van der Waals surface area contributed by atoms with Crippen molar-refractivity contribution in [2.24, 2.45) is 0 Å². The second-order valence-electron chi connectivity index (χ2n) is 6.06. The smallest absolute Gasteiger partial charge is 0.0961 e. The van der Waals surface area contributed by atoms with Crippen LogP contribution in [0.2, 0.25) is 5.02 Å². The summed E-state index contributed by atoms with van der Waals surface area (Å²) in [7, 11) is 1.72. The molecular weight excluding hydrogens is 322 g/mol. The predicted octanol–water partition coefficient (Wildman–Crippen LogP) is 3.86. The Hall–Kier alpha value is -1.88. The van der Waals surface area contributed by atoms with Crippen LogP contribution in [0.5, 0.6) is 0 Å². The van der Waals surface area contributed by atoms with E-state index in [2.05, 4.69) is 40.0 Å². The van der Waals surface area contributed by atoms with Gasteiger partial charge in [-0.1, -0.05) is 29.8 Å². The van der Waals surface area contributed by atoms with Crippen LogP contribution in [0, 0.1) is 0 Å². The van der Waals surface area contributed by atoms with Crippen molar-refractivity contribution in [1.82, 2.24) is 14.9 Å². The summed E-state index contributed by atoms with van der Waals surface area (Å²) >= 11 is 5.94. The van der Waals surface area contributed by atoms with Crippen LogP contribution in [0.4, 0.5) is 0 Å². The molecule has 0 saturated heterocycles. The number of aromatic nitrogens is 2. The monoisotopic (exact) mass is 343 g/mol. The summed E-state index contributed by atoms with van der Waals surface area (Å²) in [5.74, 6) is 0. The number of benzene rings is 2. The number of hydrogen-bond acceptors (Lipinski definition) is 3. The number of imidazole rings is 1. The molecule has 0 fully saturated rings. The first-order valence-corrected chi connectivity index (χ1v) is 8.44. The number of halogens is 1. The van der Waals surface area contributed by atoms with Crippen molar-refractivity contribution in [3.63, 3.8) is 0 Å². The first-order valence-electron chi connectivity index (χ1n) is 8.06. The summed E-state index contributed by atoms with van der Waals surface area (Å²) in [5, 5.41) is 4.20. The largest absolute Gasteiger partial charge is 0.383 e. The van der Waals surface area contributed by atoms with E-state index in [0.717, 1.165) is 29.1 Å². The Morgan fingerprint density at radius 3 is 2.67 bits per heavy atom. The minimum atomic E-state index is 0.327. The van der Waals surface area contributed by atoms with Crippen LogP contribution in [0.1, 0.15) is 18.1 Å². The molecule has 0 saturated carbocycles. The van der Waals surface area contributed by atoms with Crippen LogP contribution in [0.15, 0.2) is 48.8 Å². The quantitative estimate of drug-likeness (QED) is 0.708. The third kappa shape index (κ3) is 4.15. The van der Waals surface area contributed by atoms with E-state index in [1.54, 1.807) is 7.11 Å². The van der Waals surface area contributed by atoms with Gasteiger partial charge in [0.25, 0.3) is 0 Å². The van der Waals surface area contributed by atoms with E-state index in [1.165, 1.54) is 11.1 Å². The van der Waals surface area contributed by atoms with Crippen molar-refractivity contribution in [2.45, 2.75) is 26.1 Å². The number of nitrogens with zero attached hydrogens (tertiary/aromatic N) is 2. The molecule has 1 unspecified atom stereocenters. The zero-order valence-electron chi connectivity index (χ0n) is 14.0. The van der Waals surface area contributed by atoms with Crippen molar-refractivity contribution in [2.75, 3.05) is 13.7 Å². The van der Waals surface area contributed by atoms with Crippen LogP contribution in [0.25, 0.3) is 11.0 Å². The van der Waals surface area contributed by atoms with Gasteiger partial charge in [-0.25, -0.2) is 4.98 Å². The highest BCUT2D eigenvalue weighted by molar-refractivity contribution is 6.30. The first kappa shape index (κ1) is 17.0. The van der Waals surface area contributed by atoms with Gasteiger partial charge in [-0.2, -0.15) is 0 Å². The molecular formula is C19H22ClN3O. The van der Waals surface area contributed by atoms with Gasteiger partial charge in [0, 0.05) is 31.3 Å². The maximum atomic E-state index is 5.94.